The van der Waals surface area contributed by atoms with Crippen molar-refractivity contribution in [2.75, 3.05) is 24.7 Å². The Hall–Kier alpha value is -2.29. The second-order valence-corrected chi connectivity index (χ2v) is 6.91. The molecule has 0 spiro atoms. The number of sulfone groups is 1. The Morgan fingerprint density at radius 1 is 1.21 bits per heavy atom. The van der Waals surface area contributed by atoms with Crippen LogP contribution in [0.25, 0.3) is 0 Å². The first-order chi connectivity index (χ1) is 11.2. The van der Waals surface area contributed by atoms with Crippen molar-refractivity contribution in [3.8, 4) is 5.75 Å². The molecule has 1 heterocycles. The molecular weight excluding hydrogens is 345 g/mol. The Labute approximate surface area is 137 Å². The van der Waals surface area contributed by atoms with E-state index in [4.69, 9.17) is 4.74 Å². The van der Waals surface area contributed by atoms with Crippen molar-refractivity contribution < 1.29 is 26.3 Å². The average molecular weight is 360 g/mol. The van der Waals surface area contributed by atoms with E-state index in [0.29, 0.717) is 0 Å². The van der Waals surface area contributed by atoms with Crippen molar-refractivity contribution in [3.05, 3.63) is 48.2 Å². The fourth-order valence-electron chi connectivity index (χ4n) is 1.92. The molecule has 0 aliphatic carbocycles. The van der Waals surface area contributed by atoms with Gasteiger partial charge in [-0.05, 0) is 30.3 Å². The van der Waals surface area contributed by atoms with E-state index < -0.39 is 21.6 Å². The zero-order valence-corrected chi connectivity index (χ0v) is 13.5. The lowest BCUT2D eigenvalue weighted by molar-refractivity contribution is -0.137. The molecule has 24 heavy (non-hydrogen) atoms. The summed E-state index contributed by atoms with van der Waals surface area (Å²) in [5.41, 5.74) is -0.794. The second-order valence-electron chi connectivity index (χ2n) is 4.92. The predicted octanol–water partition coefficient (Wildman–Crippen LogP) is 2.99. The fourth-order valence-corrected chi connectivity index (χ4v) is 2.72. The summed E-state index contributed by atoms with van der Waals surface area (Å²) in [6.07, 6.45) is -1.94. The van der Waals surface area contributed by atoms with E-state index in [9.17, 15) is 21.6 Å². The van der Waals surface area contributed by atoms with Crippen LogP contribution in [-0.2, 0) is 16.0 Å². The standard InChI is InChI=1S/C15H15F3N2O3S/c1-24(21,22)13-6-3-7-19-14(13)20-8-9-23-12-5-2-4-11(10-12)15(16,17)18/h2-7,10H,8-9H2,1H3,(H,19,20). The van der Waals surface area contributed by atoms with Gasteiger partial charge in [0.2, 0.25) is 0 Å². The number of aromatic nitrogens is 1. The maximum absolute atomic E-state index is 12.6. The van der Waals surface area contributed by atoms with E-state index in [1.807, 2.05) is 0 Å². The third-order valence-electron chi connectivity index (χ3n) is 2.99. The van der Waals surface area contributed by atoms with Crippen molar-refractivity contribution in [1.29, 1.82) is 0 Å². The Kier molecular flexibility index (Phi) is 5.33. The maximum Gasteiger partial charge on any atom is 0.416 e. The van der Waals surface area contributed by atoms with Crippen LogP contribution >= 0.6 is 0 Å². The molecule has 130 valence electrons. The number of rotatable bonds is 6. The van der Waals surface area contributed by atoms with E-state index in [-0.39, 0.29) is 29.6 Å². The molecule has 0 atom stereocenters. The smallest absolute Gasteiger partial charge is 0.416 e. The number of hydrogen-bond donors (Lipinski definition) is 1. The molecule has 0 amide bonds. The second kappa shape index (κ2) is 7.08. The molecule has 1 aromatic carbocycles. The van der Waals surface area contributed by atoms with E-state index in [2.05, 4.69) is 10.3 Å². The van der Waals surface area contributed by atoms with Gasteiger partial charge in [0.05, 0.1) is 12.1 Å². The van der Waals surface area contributed by atoms with Crippen LogP contribution in [0.3, 0.4) is 0 Å². The number of ether oxygens (including phenoxy) is 1. The first kappa shape index (κ1) is 18.1. The van der Waals surface area contributed by atoms with Gasteiger partial charge in [0, 0.05) is 12.5 Å². The molecule has 1 aromatic heterocycles. The summed E-state index contributed by atoms with van der Waals surface area (Å²) in [7, 11) is -3.44. The van der Waals surface area contributed by atoms with Crippen LogP contribution < -0.4 is 10.1 Å². The zero-order valence-electron chi connectivity index (χ0n) is 12.7. The van der Waals surface area contributed by atoms with Crippen molar-refractivity contribution >= 4 is 15.7 Å². The summed E-state index contributed by atoms with van der Waals surface area (Å²) in [6, 6.07) is 7.45. The lowest BCUT2D eigenvalue weighted by Gasteiger charge is -2.12. The summed E-state index contributed by atoms with van der Waals surface area (Å²) in [5.74, 6) is 0.253. The fraction of sp³-hybridized carbons (Fsp3) is 0.267. The zero-order chi connectivity index (χ0) is 17.8. The summed E-state index contributed by atoms with van der Waals surface area (Å²) >= 11 is 0. The highest BCUT2D eigenvalue weighted by Gasteiger charge is 2.30. The van der Waals surface area contributed by atoms with E-state index in [0.717, 1.165) is 18.4 Å². The molecule has 0 saturated carbocycles. The summed E-state index contributed by atoms with van der Waals surface area (Å²) in [4.78, 5) is 3.99. The number of halogens is 3. The van der Waals surface area contributed by atoms with Gasteiger partial charge in [0.15, 0.2) is 9.84 Å². The van der Waals surface area contributed by atoms with Gasteiger partial charge >= 0.3 is 6.18 Å². The third-order valence-corrected chi connectivity index (χ3v) is 4.12. The molecular formula is C15H15F3N2O3S. The minimum Gasteiger partial charge on any atom is -0.492 e. The molecule has 0 radical (unpaired) electrons. The molecule has 0 aliphatic rings. The summed E-state index contributed by atoms with van der Waals surface area (Å²) in [6.45, 7) is 0.219. The average Bonchev–Trinajstić information content (AvgIpc) is 2.50. The van der Waals surface area contributed by atoms with Crippen molar-refractivity contribution in [1.82, 2.24) is 4.98 Å². The van der Waals surface area contributed by atoms with Gasteiger partial charge < -0.3 is 10.1 Å². The monoisotopic (exact) mass is 360 g/mol. The molecule has 2 aromatic rings. The predicted molar refractivity (Wildman–Crippen MR) is 82.8 cm³/mol. The first-order valence-electron chi connectivity index (χ1n) is 6.87. The molecule has 0 aliphatic heterocycles. The molecule has 0 saturated heterocycles. The van der Waals surface area contributed by atoms with Gasteiger partial charge in [-0.2, -0.15) is 13.2 Å². The summed E-state index contributed by atoms with van der Waals surface area (Å²) in [5, 5.41) is 2.80. The molecule has 0 unspecified atom stereocenters. The molecule has 0 fully saturated rings. The molecule has 2 rings (SSSR count). The topological polar surface area (TPSA) is 68.3 Å². The lowest BCUT2D eigenvalue weighted by Crippen LogP contribution is -2.15. The number of benzene rings is 1. The first-order valence-corrected chi connectivity index (χ1v) is 8.76. The highest BCUT2D eigenvalue weighted by Crippen LogP contribution is 2.31. The van der Waals surface area contributed by atoms with Crippen LogP contribution in [-0.4, -0.2) is 32.8 Å². The van der Waals surface area contributed by atoms with Crippen LogP contribution in [0.5, 0.6) is 5.75 Å². The normalized spacial score (nSPS) is 12.0. The Morgan fingerprint density at radius 3 is 2.62 bits per heavy atom. The summed E-state index contributed by atoms with van der Waals surface area (Å²) < 4.78 is 66.3. The van der Waals surface area contributed by atoms with Gasteiger partial charge in [-0.25, -0.2) is 13.4 Å². The molecule has 1 N–H and O–H groups in total. The van der Waals surface area contributed by atoms with Crippen LogP contribution in [0.1, 0.15) is 5.56 Å². The number of hydrogen-bond acceptors (Lipinski definition) is 5. The highest BCUT2D eigenvalue weighted by atomic mass is 32.2. The van der Waals surface area contributed by atoms with E-state index in [1.54, 1.807) is 0 Å². The van der Waals surface area contributed by atoms with E-state index >= 15 is 0 Å². The lowest BCUT2D eigenvalue weighted by atomic mass is 10.2. The van der Waals surface area contributed by atoms with Gasteiger partial charge in [0.25, 0.3) is 0 Å². The van der Waals surface area contributed by atoms with Crippen molar-refractivity contribution in [3.63, 3.8) is 0 Å². The number of nitrogens with one attached hydrogen (secondary N) is 1. The number of nitrogens with zero attached hydrogens (tertiary/aromatic N) is 1. The van der Waals surface area contributed by atoms with Crippen LogP contribution in [0.15, 0.2) is 47.5 Å². The van der Waals surface area contributed by atoms with Crippen LogP contribution in [0.2, 0.25) is 0 Å². The number of alkyl halides is 3. The number of anilines is 1. The third kappa shape index (κ3) is 4.85. The SMILES string of the molecule is CS(=O)(=O)c1cccnc1NCCOc1cccc(C(F)(F)F)c1. The van der Waals surface area contributed by atoms with E-state index in [1.165, 1.54) is 30.5 Å². The van der Waals surface area contributed by atoms with Crippen molar-refractivity contribution in [2.24, 2.45) is 0 Å². The Balaban J connectivity index is 1.95. The van der Waals surface area contributed by atoms with Gasteiger partial charge in [-0.1, -0.05) is 6.07 Å². The van der Waals surface area contributed by atoms with Crippen molar-refractivity contribution in [2.45, 2.75) is 11.1 Å². The highest BCUT2D eigenvalue weighted by molar-refractivity contribution is 7.90. The van der Waals surface area contributed by atoms with Crippen LogP contribution in [0.4, 0.5) is 19.0 Å². The van der Waals surface area contributed by atoms with Gasteiger partial charge in [-0.3, -0.25) is 0 Å². The maximum atomic E-state index is 12.6. The molecule has 5 nitrogen and oxygen atoms in total. The quantitative estimate of drug-likeness (QED) is 0.802. The Bertz CT molecular complexity index is 808. The number of pyridine rings is 1. The minimum absolute atomic E-state index is 0.0427. The van der Waals surface area contributed by atoms with Crippen LogP contribution in [0, 0.1) is 0 Å². The molecule has 0 bridgehead atoms. The largest absolute Gasteiger partial charge is 0.492 e. The molecule has 9 heteroatoms. The van der Waals surface area contributed by atoms with Gasteiger partial charge in [-0.15, -0.1) is 0 Å². The Morgan fingerprint density at radius 2 is 1.96 bits per heavy atom. The van der Waals surface area contributed by atoms with Gasteiger partial charge in [0.1, 0.15) is 23.1 Å². The minimum atomic E-state index is -4.43.